The molecule has 140 valence electrons. The number of benzene rings is 2. The number of rotatable bonds is 6. The van der Waals surface area contributed by atoms with Crippen molar-refractivity contribution >= 4 is 5.91 Å². The number of aryl methyl sites for hydroxylation is 2. The topological polar surface area (TPSA) is 72.9 Å². The number of para-hydroxylation sites is 1. The van der Waals surface area contributed by atoms with E-state index in [1.807, 2.05) is 56.3 Å². The van der Waals surface area contributed by atoms with Gasteiger partial charge in [-0.05, 0) is 44.9 Å². The molecule has 0 radical (unpaired) electrons. The summed E-state index contributed by atoms with van der Waals surface area (Å²) in [6.45, 7) is 6.57. The maximum atomic E-state index is 12.8. The van der Waals surface area contributed by atoms with E-state index in [9.17, 15) is 4.79 Å². The minimum absolute atomic E-state index is 0.0520. The summed E-state index contributed by atoms with van der Waals surface area (Å²) in [5, 5.41) is 7.70. The van der Waals surface area contributed by atoms with Gasteiger partial charge in [0.05, 0.1) is 11.3 Å². The molecule has 1 aromatic heterocycles. The first-order valence-electron chi connectivity index (χ1n) is 9.22. The second-order valence-electron chi connectivity index (χ2n) is 7.01. The van der Waals surface area contributed by atoms with E-state index in [0.29, 0.717) is 17.8 Å². The van der Waals surface area contributed by atoms with Gasteiger partial charge in [0.2, 0.25) is 0 Å². The summed E-state index contributed by atoms with van der Waals surface area (Å²) in [5.41, 5.74) is 11.2. The van der Waals surface area contributed by atoms with Crippen LogP contribution in [0.25, 0.3) is 16.9 Å². The van der Waals surface area contributed by atoms with E-state index in [1.54, 1.807) is 10.9 Å². The summed E-state index contributed by atoms with van der Waals surface area (Å²) < 4.78 is 1.76. The number of hydrogen-bond acceptors (Lipinski definition) is 3. The summed E-state index contributed by atoms with van der Waals surface area (Å²) in [6, 6.07) is 16.0. The molecule has 2 aromatic carbocycles. The van der Waals surface area contributed by atoms with Gasteiger partial charge in [-0.25, -0.2) is 4.68 Å². The fraction of sp³-hybridized carbons (Fsp3) is 0.273. The second kappa shape index (κ2) is 8.18. The van der Waals surface area contributed by atoms with Crippen LogP contribution in [0.4, 0.5) is 0 Å². The third-order valence-corrected chi connectivity index (χ3v) is 4.50. The van der Waals surface area contributed by atoms with E-state index in [4.69, 9.17) is 10.8 Å². The highest BCUT2D eigenvalue weighted by Gasteiger charge is 2.19. The van der Waals surface area contributed by atoms with Crippen LogP contribution >= 0.6 is 0 Å². The zero-order valence-corrected chi connectivity index (χ0v) is 16.1. The number of hydrogen-bond donors (Lipinski definition) is 2. The van der Waals surface area contributed by atoms with Crippen molar-refractivity contribution < 1.29 is 4.79 Å². The quantitative estimate of drug-likeness (QED) is 0.703. The molecule has 5 nitrogen and oxygen atoms in total. The highest BCUT2D eigenvalue weighted by atomic mass is 16.1. The van der Waals surface area contributed by atoms with Crippen LogP contribution in [0.3, 0.4) is 0 Å². The molecule has 5 heteroatoms. The van der Waals surface area contributed by atoms with Crippen molar-refractivity contribution in [1.82, 2.24) is 15.1 Å². The van der Waals surface area contributed by atoms with Gasteiger partial charge in [-0.15, -0.1) is 0 Å². The smallest absolute Gasteiger partial charge is 0.255 e. The van der Waals surface area contributed by atoms with Crippen molar-refractivity contribution in [2.45, 2.75) is 33.2 Å². The van der Waals surface area contributed by atoms with Crippen LogP contribution in [-0.4, -0.2) is 28.3 Å². The van der Waals surface area contributed by atoms with Crippen LogP contribution in [0.5, 0.6) is 0 Å². The van der Waals surface area contributed by atoms with Gasteiger partial charge >= 0.3 is 0 Å². The molecule has 0 spiro atoms. The van der Waals surface area contributed by atoms with E-state index in [1.165, 1.54) is 5.56 Å². The minimum Gasteiger partial charge on any atom is -0.352 e. The lowest BCUT2D eigenvalue weighted by atomic mass is 10.0. The Balaban J connectivity index is 2.01. The standard InChI is InChI=1S/C22H26N4O/c1-15-9-10-19(16(2)13-15)21-20(22(27)24-12-11-17(3)23)14-26(25-21)18-7-5-4-6-8-18/h4-10,13-14,17H,11-12,23H2,1-3H3,(H,24,27). The summed E-state index contributed by atoms with van der Waals surface area (Å²) in [7, 11) is 0. The Bertz CT molecular complexity index is 929. The van der Waals surface area contributed by atoms with Crippen molar-refractivity contribution in [2.24, 2.45) is 5.73 Å². The number of carbonyl (C=O) groups excluding carboxylic acids is 1. The molecule has 0 aliphatic carbocycles. The van der Waals surface area contributed by atoms with Crippen molar-refractivity contribution in [3.05, 3.63) is 71.4 Å². The molecule has 1 unspecified atom stereocenters. The highest BCUT2D eigenvalue weighted by molar-refractivity contribution is 6.00. The van der Waals surface area contributed by atoms with E-state index in [0.717, 1.165) is 23.2 Å². The molecule has 0 fully saturated rings. The molecular formula is C22H26N4O. The minimum atomic E-state index is -0.132. The maximum absolute atomic E-state index is 12.8. The average molecular weight is 362 g/mol. The largest absolute Gasteiger partial charge is 0.352 e. The fourth-order valence-corrected chi connectivity index (χ4v) is 3.04. The lowest BCUT2D eigenvalue weighted by molar-refractivity contribution is 0.0953. The first-order chi connectivity index (χ1) is 13.0. The average Bonchev–Trinajstić information content (AvgIpc) is 3.07. The third kappa shape index (κ3) is 4.44. The second-order valence-corrected chi connectivity index (χ2v) is 7.01. The molecule has 0 aliphatic rings. The van der Waals surface area contributed by atoms with Gasteiger partial charge in [0.1, 0.15) is 5.69 Å². The van der Waals surface area contributed by atoms with Gasteiger partial charge in [0.25, 0.3) is 5.91 Å². The van der Waals surface area contributed by atoms with Gasteiger partial charge in [-0.1, -0.05) is 42.0 Å². The van der Waals surface area contributed by atoms with Gasteiger partial charge in [-0.2, -0.15) is 5.10 Å². The summed E-state index contributed by atoms with van der Waals surface area (Å²) >= 11 is 0. The number of nitrogens with zero attached hydrogens (tertiary/aromatic N) is 2. The van der Waals surface area contributed by atoms with Gasteiger partial charge in [-0.3, -0.25) is 4.79 Å². The Labute approximate surface area is 160 Å². The Morgan fingerprint density at radius 2 is 1.93 bits per heavy atom. The first-order valence-corrected chi connectivity index (χ1v) is 9.22. The molecule has 1 amide bonds. The van der Waals surface area contributed by atoms with E-state index in [2.05, 4.69) is 18.3 Å². The molecule has 1 atom stereocenters. The zero-order valence-electron chi connectivity index (χ0n) is 16.1. The van der Waals surface area contributed by atoms with E-state index < -0.39 is 0 Å². The SMILES string of the molecule is Cc1ccc(-c2nn(-c3ccccc3)cc2C(=O)NCCC(C)N)c(C)c1. The van der Waals surface area contributed by atoms with Crippen molar-refractivity contribution in [1.29, 1.82) is 0 Å². The molecule has 1 heterocycles. The van der Waals surface area contributed by atoms with Crippen LogP contribution in [0, 0.1) is 13.8 Å². The Morgan fingerprint density at radius 3 is 2.59 bits per heavy atom. The molecule has 3 N–H and O–H groups in total. The molecule has 27 heavy (non-hydrogen) atoms. The van der Waals surface area contributed by atoms with Crippen LogP contribution in [-0.2, 0) is 0 Å². The van der Waals surface area contributed by atoms with Crippen LogP contribution < -0.4 is 11.1 Å². The van der Waals surface area contributed by atoms with Crippen LogP contribution in [0.15, 0.2) is 54.7 Å². The number of amides is 1. The first kappa shape index (κ1) is 18.9. The van der Waals surface area contributed by atoms with E-state index >= 15 is 0 Å². The number of nitrogens with two attached hydrogens (primary N) is 1. The number of carbonyl (C=O) groups is 1. The van der Waals surface area contributed by atoms with Crippen molar-refractivity contribution in [3.63, 3.8) is 0 Å². The summed E-state index contributed by atoms with van der Waals surface area (Å²) in [4.78, 5) is 12.8. The molecule has 3 rings (SSSR count). The third-order valence-electron chi connectivity index (χ3n) is 4.50. The predicted octanol–water partition coefficient (Wildman–Crippen LogP) is 3.62. The molecule has 0 bridgehead atoms. The van der Waals surface area contributed by atoms with Gasteiger partial charge in [0, 0.05) is 24.3 Å². The van der Waals surface area contributed by atoms with Crippen molar-refractivity contribution in [3.8, 4) is 16.9 Å². The van der Waals surface area contributed by atoms with Crippen LogP contribution in [0.1, 0.15) is 34.8 Å². The van der Waals surface area contributed by atoms with Crippen LogP contribution in [0.2, 0.25) is 0 Å². The lowest BCUT2D eigenvalue weighted by Gasteiger charge is -2.09. The zero-order chi connectivity index (χ0) is 19.4. The number of aromatic nitrogens is 2. The maximum Gasteiger partial charge on any atom is 0.255 e. The van der Waals surface area contributed by atoms with Gasteiger partial charge in [0.15, 0.2) is 0 Å². The molecule has 0 aliphatic heterocycles. The Morgan fingerprint density at radius 1 is 1.19 bits per heavy atom. The summed E-state index contributed by atoms with van der Waals surface area (Å²) in [6.07, 6.45) is 2.53. The monoisotopic (exact) mass is 362 g/mol. The predicted molar refractivity (Wildman–Crippen MR) is 109 cm³/mol. The summed E-state index contributed by atoms with van der Waals surface area (Å²) in [5.74, 6) is -0.132. The molecule has 3 aromatic rings. The van der Waals surface area contributed by atoms with Gasteiger partial charge < -0.3 is 11.1 Å². The molecule has 0 saturated carbocycles. The highest BCUT2D eigenvalue weighted by Crippen LogP contribution is 2.27. The Kier molecular flexibility index (Phi) is 5.72. The normalized spacial score (nSPS) is 12.0. The lowest BCUT2D eigenvalue weighted by Crippen LogP contribution is -2.29. The number of nitrogens with one attached hydrogen (secondary N) is 1. The Hall–Kier alpha value is -2.92. The van der Waals surface area contributed by atoms with Crippen molar-refractivity contribution in [2.75, 3.05) is 6.54 Å². The van der Waals surface area contributed by atoms with E-state index in [-0.39, 0.29) is 11.9 Å². The molecular weight excluding hydrogens is 336 g/mol. The fourth-order valence-electron chi connectivity index (χ4n) is 3.04. The molecule has 0 saturated heterocycles.